The Morgan fingerprint density at radius 3 is 2.93 bits per heavy atom. The summed E-state index contributed by atoms with van der Waals surface area (Å²) in [5.74, 6) is 1.96. The number of aryl methyl sites for hydroxylation is 2. The number of aromatic nitrogens is 7. The highest BCUT2D eigenvalue weighted by atomic mass is 15.3. The average Bonchev–Trinajstić information content (AvgIpc) is 3.09. The quantitative estimate of drug-likeness (QED) is 0.335. The van der Waals surface area contributed by atoms with Crippen molar-refractivity contribution in [2.24, 2.45) is 17.8 Å². The van der Waals surface area contributed by atoms with Gasteiger partial charge in [-0.25, -0.2) is 19.5 Å². The van der Waals surface area contributed by atoms with Crippen LogP contribution in [0.5, 0.6) is 0 Å². The van der Waals surface area contributed by atoms with E-state index in [0.29, 0.717) is 29.3 Å². The molecule has 0 radical (unpaired) electrons. The Balaban J connectivity index is 1.65. The Bertz CT molecular complexity index is 1250. The highest BCUT2D eigenvalue weighted by Crippen LogP contribution is 2.32. The molecule has 0 atom stereocenters. The van der Waals surface area contributed by atoms with Crippen LogP contribution in [0.15, 0.2) is 48.1 Å². The van der Waals surface area contributed by atoms with Crippen LogP contribution in [0.4, 0.5) is 5.82 Å². The van der Waals surface area contributed by atoms with Crippen molar-refractivity contribution in [1.29, 1.82) is 0 Å². The van der Waals surface area contributed by atoms with Gasteiger partial charge in [0.2, 0.25) is 5.82 Å². The van der Waals surface area contributed by atoms with E-state index in [1.54, 1.807) is 23.0 Å². The van der Waals surface area contributed by atoms with Crippen LogP contribution in [0.25, 0.3) is 28.4 Å². The van der Waals surface area contributed by atoms with Crippen LogP contribution < -0.4 is 11.1 Å². The Kier molecular flexibility index (Phi) is 4.31. The zero-order chi connectivity index (χ0) is 20.7. The largest absolute Gasteiger partial charge is 0.388 e. The first kappa shape index (κ1) is 18.1. The van der Waals surface area contributed by atoms with Gasteiger partial charge in [0.1, 0.15) is 11.4 Å². The molecule has 4 heterocycles. The first-order valence-corrected chi connectivity index (χ1v) is 9.74. The summed E-state index contributed by atoms with van der Waals surface area (Å²) in [4.78, 5) is 13.7. The fraction of sp³-hybridized carbons (Fsp3) is 0.250. The summed E-state index contributed by atoms with van der Waals surface area (Å²) in [5.41, 5.74) is 9.80. The maximum atomic E-state index is 6.17. The average molecular weight is 402 g/mol. The van der Waals surface area contributed by atoms with Gasteiger partial charge in [0.15, 0.2) is 11.6 Å². The standard InChI is InChI=1S/C20H22N10/c1-12-14(15-5-8-24-27-15)11-30-17(12)18(25-16(21)6-7-22-13-3-4-13)26-19(28-30)20-23-9-10-29(20)2/h5-11,13,22H,3-4H2,1-2H3,(H,24,27)(H2,21,25,26,28)/b7-6-. The molecule has 30 heavy (non-hydrogen) atoms. The first-order valence-electron chi connectivity index (χ1n) is 9.74. The van der Waals surface area contributed by atoms with Crippen LogP contribution in [0.1, 0.15) is 18.4 Å². The van der Waals surface area contributed by atoms with E-state index in [1.165, 1.54) is 12.8 Å². The smallest absolute Gasteiger partial charge is 0.218 e. The van der Waals surface area contributed by atoms with Crippen molar-refractivity contribution in [3.8, 4) is 22.9 Å². The Morgan fingerprint density at radius 1 is 1.37 bits per heavy atom. The summed E-state index contributed by atoms with van der Waals surface area (Å²) in [6.07, 6.45) is 13.2. The molecule has 10 nitrogen and oxygen atoms in total. The molecule has 0 amide bonds. The monoisotopic (exact) mass is 402 g/mol. The molecule has 152 valence electrons. The van der Waals surface area contributed by atoms with Crippen molar-refractivity contribution in [1.82, 2.24) is 39.7 Å². The minimum atomic E-state index is 0.359. The molecule has 0 spiro atoms. The molecule has 0 saturated heterocycles. The van der Waals surface area contributed by atoms with E-state index in [-0.39, 0.29) is 0 Å². The number of nitrogens with zero attached hydrogens (tertiary/aromatic N) is 7. The molecule has 0 aromatic carbocycles. The van der Waals surface area contributed by atoms with Gasteiger partial charge >= 0.3 is 0 Å². The molecule has 4 aromatic rings. The molecule has 0 bridgehead atoms. The number of H-pyrrole nitrogens is 1. The molecule has 4 N–H and O–H groups in total. The van der Waals surface area contributed by atoms with E-state index in [4.69, 9.17) is 10.7 Å². The summed E-state index contributed by atoms with van der Waals surface area (Å²) in [6, 6.07) is 2.47. The summed E-state index contributed by atoms with van der Waals surface area (Å²) in [5, 5.41) is 15.0. The number of hydrogen-bond donors (Lipinski definition) is 3. The molecule has 1 aliphatic carbocycles. The molecule has 0 unspecified atom stereocenters. The highest BCUT2D eigenvalue weighted by molar-refractivity contribution is 5.95. The van der Waals surface area contributed by atoms with E-state index >= 15 is 0 Å². The van der Waals surface area contributed by atoms with Crippen LogP contribution in [-0.2, 0) is 7.05 Å². The van der Waals surface area contributed by atoms with Gasteiger partial charge in [-0.3, -0.25) is 5.10 Å². The molecule has 4 aromatic heterocycles. The predicted octanol–water partition coefficient (Wildman–Crippen LogP) is 2.08. The highest BCUT2D eigenvalue weighted by Gasteiger charge is 2.20. The maximum Gasteiger partial charge on any atom is 0.218 e. The third-order valence-corrected chi connectivity index (χ3v) is 5.08. The Labute approximate surface area is 172 Å². The lowest BCUT2D eigenvalue weighted by Crippen LogP contribution is -2.12. The minimum Gasteiger partial charge on any atom is -0.388 e. The molecule has 5 rings (SSSR count). The van der Waals surface area contributed by atoms with Crippen molar-refractivity contribution in [2.45, 2.75) is 25.8 Å². The SMILES string of the molecule is Cc1c(-c2ccn[nH]2)cn2nc(-c3nccn3C)nc(N=C(N)/C=C\NC3CC3)c12. The summed E-state index contributed by atoms with van der Waals surface area (Å²) in [6.45, 7) is 2.01. The molecular formula is C20H22N10. The number of fused-ring (bicyclic) bond motifs is 1. The number of hydrogen-bond acceptors (Lipinski definition) is 6. The number of rotatable bonds is 6. The lowest BCUT2D eigenvalue weighted by atomic mass is 10.1. The summed E-state index contributed by atoms with van der Waals surface area (Å²) < 4.78 is 3.64. The van der Waals surface area contributed by atoms with Crippen molar-refractivity contribution < 1.29 is 0 Å². The molecule has 1 saturated carbocycles. The third kappa shape index (κ3) is 3.32. The number of aliphatic imine (C=N–C) groups is 1. The van der Waals surface area contributed by atoms with Crippen LogP contribution in [0.3, 0.4) is 0 Å². The Morgan fingerprint density at radius 2 is 2.23 bits per heavy atom. The minimum absolute atomic E-state index is 0.359. The van der Waals surface area contributed by atoms with Gasteiger partial charge < -0.3 is 15.6 Å². The number of amidine groups is 1. The van der Waals surface area contributed by atoms with Gasteiger partial charge in [-0.05, 0) is 37.5 Å². The van der Waals surface area contributed by atoms with Crippen molar-refractivity contribution >= 4 is 17.2 Å². The second-order valence-corrected chi connectivity index (χ2v) is 7.36. The lowest BCUT2D eigenvalue weighted by molar-refractivity contribution is 0.859. The molecule has 1 aliphatic rings. The predicted molar refractivity (Wildman–Crippen MR) is 114 cm³/mol. The third-order valence-electron chi connectivity index (χ3n) is 5.08. The van der Waals surface area contributed by atoms with Crippen LogP contribution in [-0.4, -0.2) is 46.2 Å². The second kappa shape index (κ2) is 7.14. The number of aromatic amines is 1. The zero-order valence-corrected chi connectivity index (χ0v) is 16.7. The normalized spacial score (nSPS) is 14.8. The van der Waals surface area contributed by atoms with E-state index in [9.17, 15) is 0 Å². The molecular weight excluding hydrogens is 380 g/mol. The van der Waals surface area contributed by atoms with Crippen LogP contribution in [0.2, 0.25) is 0 Å². The van der Waals surface area contributed by atoms with Crippen LogP contribution in [0, 0.1) is 6.92 Å². The van der Waals surface area contributed by atoms with E-state index in [1.807, 2.05) is 43.2 Å². The van der Waals surface area contributed by atoms with Gasteiger partial charge in [-0.2, -0.15) is 5.10 Å². The van der Waals surface area contributed by atoms with Gasteiger partial charge in [-0.1, -0.05) is 0 Å². The number of nitrogens with one attached hydrogen (secondary N) is 2. The Hall–Kier alpha value is -3.95. The molecule has 1 fully saturated rings. The topological polar surface area (TPSA) is 127 Å². The fourth-order valence-electron chi connectivity index (χ4n) is 3.32. The van der Waals surface area contributed by atoms with Crippen molar-refractivity contribution in [2.75, 3.05) is 0 Å². The maximum absolute atomic E-state index is 6.17. The number of nitrogens with two attached hydrogens (primary N) is 1. The van der Waals surface area contributed by atoms with E-state index in [0.717, 1.165) is 22.3 Å². The zero-order valence-electron chi connectivity index (χ0n) is 16.7. The fourth-order valence-corrected chi connectivity index (χ4v) is 3.32. The first-order chi connectivity index (χ1) is 14.6. The molecule has 10 heteroatoms. The van der Waals surface area contributed by atoms with E-state index < -0.39 is 0 Å². The van der Waals surface area contributed by atoms with Gasteiger partial charge in [0, 0.05) is 49.6 Å². The van der Waals surface area contributed by atoms with Crippen molar-refractivity contribution in [3.63, 3.8) is 0 Å². The lowest BCUT2D eigenvalue weighted by Gasteiger charge is -2.06. The number of imidazole rings is 1. The second-order valence-electron chi connectivity index (χ2n) is 7.36. The van der Waals surface area contributed by atoms with Gasteiger partial charge in [-0.15, -0.1) is 5.10 Å². The van der Waals surface area contributed by atoms with Gasteiger partial charge in [0.05, 0.1) is 5.69 Å². The van der Waals surface area contributed by atoms with Crippen LogP contribution >= 0.6 is 0 Å². The summed E-state index contributed by atoms with van der Waals surface area (Å²) in [7, 11) is 1.90. The van der Waals surface area contributed by atoms with E-state index in [2.05, 4.69) is 30.6 Å². The summed E-state index contributed by atoms with van der Waals surface area (Å²) >= 11 is 0. The molecule has 0 aliphatic heterocycles. The van der Waals surface area contributed by atoms with Crippen molar-refractivity contribution in [3.05, 3.63) is 48.7 Å². The van der Waals surface area contributed by atoms with Gasteiger partial charge in [0.25, 0.3) is 0 Å².